The summed E-state index contributed by atoms with van der Waals surface area (Å²) in [5, 5.41) is 20.4. The van der Waals surface area contributed by atoms with Crippen molar-refractivity contribution in [2.24, 2.45) is 16.6 Å². The van der Waals surface area contributed by atoms with E-state index in [1.807, 2.05) is 0 Å². The summed E-state index contributed by atoms with van der Waals surface area (Å²) in [6.07, 6.45) is 0. The Morgan fingerprint density at radius 2 is 1.55 bits per heavy atom. The van der Waals surface area contributed by atoms with Crippen LogP contribution in [0.25, 0.3) is 0 Å². The van der Waals surface area contributed by atoms with Crippen LogP contribution in [0, 0.1) is 33.5 Å². The molecule has 3 rings (SSSR count). The highest BCUT2D eigenvalue weighted by molar-refractivity contribution is 5.95. The Hall–Kier alpha value is -3.01. The number of nitrogens with one attached hydrogen (secondary N) is 1. The van der Waals surface area contributed by atoms with Gasteiger partial charge in [-0.15, -0.1) is 0 Å². The van der Waals surface area contributed by atoms with Crippen molar-refractivity contribution in [3.63, 3.8) is 0 Å². The van der Waals surface area contributed by atoms with Crippen LogP contribution in [-0.4, -0.2) is 46.3 Å². The number of nitrogens with two attached hydrogens (primary N) is 1. The second-order valence-electron chi connectivity index (χ2n) is 6.75. The number of methoxy groups -OCH3 is 3. The van der Waals surface area contributed by atoms with Crippen LogP contribution in [0.1, 0.15) is 25.3 Å². The van der Waals surface area contributed by atoms with Gasteiger partial charge in [0.25, 0.3) is 5.84 Å². The van der Waals surface area contributed by atoms with E-state index < -0.39 is 22.7 Å². The molecule has 0 unspecified atom stereocenters. The van der Waals surface area contributed by atoms with Gasteiger partial charge in [-0.2, -0.15) is 10.5 Å². The van der Waals surface area contributed by atoms with Gasteiger partial charge in [0.1, 0.15) is 0 Å². The third-order valence-electron chi connectivity index (χ3n) is 5.72. The maximum absolute atomic E-state index is 10.3. The Bertz CT molecular complexity index is 903. The van der Waals surface area contributed by atoms with Gasteiger partial charge in [-0.1, -0.05) is 0 Å². The summed E-state index contributed by atoms with van der Waals surface area (Å²) in [7, 11) is 4.51. The molecule has 9 nitrogen and oxygen atoms in total. The first-order valence-corrected chi connectivity index (χ1v) is 9.24. The molecule has 0 amide bonds. The van der Waals surface area contributed by atoms with E-state index in [9.17, 15) is 10.5 Å². The SMILES string of the molecule is CCOC1(OCC)[NH+]=C(N)[C@@]2(C#N)[C@@H](c3cc(OC)c(OC)c(OC)c3)[C@@]12C#N. The van der Waals surface area contributed by atoms with Gasteiger partial charge < -0.3 is 23.7 Å². The number of nitriles is 2. The molecule has 1 saturated carbocycles. The number of hydrogen-bond donors (Lipinski definition) is 2. The first-order chi connectivity index (χ1) is 13.9. The van der Waals surface area contributed by atoms with Crippen molar-refractivity contribution in [2.75, 3.05) is 34.5 Å². The fourth-order valence-electron chi connectivity index (χ4n) is 4.62. The molecule has 0 radical (unpaired) electrons. The predicted molar refractivity (Wildman–Crippen MR) is 101 cm³/mol. The highest BCUT2D eigenvalue weighted by Gasteiger charge is 2.97. The zero-order chi connectivity index (χ0) is 21.4. The van der Waals surface area contributed by atoms with E-state index >= 15 is 0 Å². The van der Waals surface area contributed by atoms with E-state index in [1.165, 1.54) is 21.3 Å². The van der Waals surface area contributed by atoms with Gasteiger partial charge in [0.15, 0.2) is 22.3 Å². The largest absolute Gasteiger partial charge is 0.493 e. The molecular weight excluding hydrogens is 376 g/mol. The first-order valence-electron chi connectivity index (χ1n) is 9.24. The highest BCUT2D eigenvalue weighted by atomic mass is 16.7. The summed E-state index contributed by atoms with van der Waals surface area (Å²) in [5.74, 6) is -0.787. The minimum Gasteiger partial charge on any atom is -0.493 e. The zero-order valence-corrected chi connectivity index (χ0v) is 17.2. The molecule has 1 aromatic rings. The van der Waals surface area contributed by atoms with E-state index in [-0.39, 0.29) is 19.0 Å². The Morgan fingerprint density at radius 3 is 1.93 bits per heavy atom. The van der Waals surface area contributed by atoms with Crippen molar-refractivity contribution in [3.05, 3.63) is 17.7 Å². The quantitative estimate of drug-likeness (QED) is 0.582. The molecular formula is C20H25N4O5+. The standard InChI is InChI=1S/C20H24N4O5/c1-6-28-20(29-7-2)19(11-22)16(18(19,10-21)17(23)24-20)12-8-13(25-3)15(27-5)14(9-12)26-4/h8-9,16H,6-7H2,1-5H3,(H2,23,24)/p+1/t16-,18-,19-/m1/s1. The molecule has 0 bridgehead atoms. The second kappa shape index (κ2) is 7.11. The van der Waals surface area contributed by atoms with Crippen molar-refractivity contribution in [3.8, 4) is 29.4 Å². The molecule has 9 heteroatoms. The molecule has 1 aliphatic heterocycles. The van der Waals surface area contributed by atoms with Crippen LogP contribution in [0.2, 0.25) is 0 Å². The number of rotatable bonds is 8. The Balaban J connectivity index is 2.26. The van der Waals surface area contributed by atoms with Gasteiger partial charge in [0.2, 0.25) is 5.75 Å². The van der Waals surface area contributed by atoms with Gasteiger partial charge in [-0.3, -0.25) is 5.73 Å². The molecule has 0 aromatic heterocycles. The van der Waals surface area contributed by atoms with Crippen molar-refractivity contribution in [1.29, 1.82) is 10.5 Å². The van der Waals surface area contributed by atoms with Crippen molar-refractivity contribution in [2.45, 2.75) is 25.7 Å². The fourth-order valence-corrected chi connectivity index (χ4v) is 4.62. The van der Waals surface area contributed by atoms with Crippen LogP contribution in [0.5, 0.6) is 17.2 Å². The van der Waals surface area contributed by atoms with Gasteiger partial charge >= 0.3 is 5.91 Å². The normalized spacial score (nSPS) is 28.5. The summed E-state index contributed by atoms with van der Waals surface area (Å²) in [4.78, 5) is 2.95. The maximum atomic E-state index is 10.3. The average Bonchev–Trinajstić information content (AvgIpc) is 3.31. The molecule has 2 aliphatic rings. The lowest BCUT2D eigenvalue weighted by Gasteiger charge is -2.29. The smallest absolute Gasteiger partial charge is 0.343 e. The molecule has 154 valence electrons. The minimum absolute atomic E-state index is 0.141. The van der Waals surface area contributed by atoms with Crippen LogP contribution in [-0.2, 0) is 9.47 Å². The number of benzene rings is 1. The van der Waals surface area contributed by atoms with E-state index in [0.717, 1.165) is 0 Å². The number of ether oxygens (including phenoxy) is 5. The lowest BCUT2D eigenvalue weighted by molar-refractivity contribution is -0.693. The number of fused-ring (bicyclic) bond motifs is 1. The van der Waals surface area contributed by atoms with Crippen LogP contribution in [0.15, 0.2) is 12.1 Å². The Kier molecular flexibility index (Phi) is 5.08. The summed E-state index contributed by atoms with van der Waals surface area (Å²) in [6, 6.07) is 8.00. The van der Waals surface area contributed by atoms with Crippen LogP contribution in [0.4, 0.5) is 0 Å². The summed E-state index contributed by atoms with van der Waals surface area (Å²) in [6.45, 7) is 4.08. The van der Waals surface area contributed by atoms with Gasteiger partial charge in [-0.25, -0.2) is 4.99 Å². The van der Waals surface area contributed by atoms with E-state index in [1.54, 1.807) is 26.0 Å². The first kappa shape index (κ1) is 20.7. The van der Waals surface area contributed by atoms with E-state index in [4.69, 9.17) is 29.4 Å². The molecule has 0 spiro atoms. The maximum Gasteiger partial charge on any atom is 0.343 e. The molecule has 29 heavy (non-hydrogen) atoms. The van der Waals surface area contributed by atoms with Crippen LogP contribution in [0.3, 0.4) is 0 Å². The van der Waals surface area contributed by atoms with Crippen molar-refractivity contribution < 1.29 is 28.7 Å². The van der Waals surface area contributed by atoms with Gasteiger partial charge in [-0.05, 0) is 31.5 Å². The van der Waals surface area contributed by atoms with Crippen molar-refractivity contribution in [1.82, 2.24) is 0 Å². The number of hydrogen-bond acceptors (Lipinski definition) is 8. The third-order valence-corrected chi connectivity index (χ3v) is 5.72. The zero-order valence-electron chi connectivity index (χ0n) is 17.2. The molecule has 3 atom stereocenters. The topological polar surface area (TPSA) is 134 Å². The molecule has 3 N–H and O–H groups in total. The molecule has 1 aliphatic carbocycles. The van der Waals surface area contributed by atoms with E-state index in [2.05, 4.69) is 17.1 Å². The number of amidine groups is 1. The lowest BCUT2D eigenvalue weighted by atomic mass is 9.93. The fraction of sp³-hybridized carbons (Fsp3) is 0.550. The summed E-state index contributed by atoms with van der Waals surface area (Å²) in [5.41, 5.74) is 4.18. The molecule has 1 heterocycles. The van der Waals surface area contributed by atoms with Crippen LogP contribution < -0.4 is 24.9 Å². The average molecular weight is 401 g/mol. The van der Waals surface area contributed by atoms with Gasteiger partial charge in [0, 0.05) is 5.92 Å². The minimum atomic E-state index is -1.55. The monoisotopic (exact) mass is 401 g/mol. The van der Waals surface area contributed by atoms with Crippen LogP contribution >= 0.6 is 0 Å². The Morgan fingerprint density at radius 1 is 1.00 bits per heavy atom. The molecule has 1 aromatic carbocycles. The second-order valence-corrected chi connectivity index (χ2v) is 6.75. The van der Waals surface area contributed by atoms with Gasteiger partial charge in [0.05, 0.1) is 46.7 Å². The number of nitrogens with zero attached hydrogens (tertiary/aromatic N) is 2. The summed E-state index contributed by atoms with van der Waals surface area (Å²) < 4.78 is 28.0. The third kappa shape index (κ3) is 2.29. The highest BCUT2D eigenvalue weighted by Crippen LogP contribution is 2.79. The summed E-state index contributed by atoms with van der Waals surface area (Å²) >= 11 is 0. The Labute approximate surface area is 169 Å². The molecule has 0 saturated heterocycles. The van der Waals surface area contributed by atoms with Crippen molar-refractivity contribution >= 4 is 5.84 Å². The molecule has 1 fully saturated rings. The predicted octanol–water partition coefficient (Wildman–Crippen LogP) is 0.00776. The lowest BCUT2D eigenvalue weighted by Crippen LogP contribution is -2.91. The van der Waals surface area contributed by atoms with E-state index in [0.29, 0.717) is 22.8 Å².